The lowest BCUT2D eigenvalue weighted by atomic mass is 10.2. The van der Waals surface area contributed by atoms with E-state index in [-0.39, 0.29) is 5.82 Å². The second-order valence-electron chi connectivity index (χ2n) is 4.19. The molecule has 2 aromatic rings. The molecule has 0 atom stereocenters. The van der Waals surface area contributed by atoms with E-state index < -0.39 is 28.0 Å². The van der Waals surface area contributed by atoms with Crippen LogP contribution in [0.3, 0.4) is 0 Å². The number of nitro groups is 1. The molecule has 0 unspecified atom stereocenters. The van der Waals surface area contributed by atoms with E-state index in [0.29, 0.717) is 11.3 Å². The maximum absolute atomic E-state index is 13.4. The van der Waals surface area contributed by atoms with Gasteiger partial charge in [-0.25, -0.2) is 14.2 Å². The van der Waals surface area contributed by atoms with Gasteiger partial charge < -0.3 is 10.4 Å². The van der Waals surface area contributed by atoms with Gasteiger partial charge in [0.05, 0.1) is 4.92 Å². The Labute approximate surface area is 118 Å². The number of benzene rings is 1. The van der Waals surface area contributed by atoms with Gasteiger partial charge in [0.25, 0.3) is 0 Å². The summed E-state index contributed by atoms with van der Waals surface area (Å²) in [6.07, 6.45) is 0.848. The third kappa shape index (κ3) is 2.94. The summed E-state index contributed by atoms with van der Waals surface area (Å²) in [5.41, 5.74) is -0.377. The van der Waals surface area contributed by atoms with Crippen LogP contribution < -0.4 is 5.32 Å². The first kappa shape index (κ1) is 14.4. The highest BCUT2D eigenvalue weighted by molar-refractivity contribution is 5.93. The zero-order valence-corrected chi connectivity index (χ0v) is 10.8. The predicted octanol–water partition coefficient (Wildman–Crippen LogP) is 2.88. The van der Waals surface area contributed by atoms with Crippen LogP contribution in [0.25, 0.3) is 0 Å². The van der Waals surface area contributed by atoms with Crippen LogP contribution in [0.15, 0.2) is 30.5 Å². The molecule has 0 radical (unpaired) electrons. The van der Waals surface area contributed by atoms with Gasteiger partial charge >= 0.3 is 11.7 Å². The van der Waals surface area contributed by atoms with Gasteiger partial charge in [-0.2, -0.15) is 0 Å². The number of nitrogens with zero attached hydrogens (tertiary/aromatic N) is 2. The van der Waals surface area contributed by atoms with Gasteiger partial charge in [-0.15, -0.1) is 0 Å². The van der Waals surface area contributed by atoms with Crippen molar-refractivity contribution in [2.45, 2.75) is 6.92 Å². The van der Waals surface area contributed by atoms with Crippen LogP contribution in [0.2, 0.25) is 0 Å². The molecule has 2 N–H and O–H groups in total. The van der Waals surface area contributed by atoms with Crippen molar-refractivity contribution in [2.75, 3.05) is 5.32 Å². The summed E-state index contributed by atoms with van der Waals surface area (Å²) in [5, 5.41) is 22.4. The maximum Gasteiger partial charge on any atom is 0.342 e. The molecule has 1 aromatic carbocycles. The molecular weight excluding hydrogens is 281 g/mol. The number of pyridine rings is 1. The summed E-state index contributed by atoms with van der Waals surface area (Å²) in [5.74, 6) is -1.80. The lowest BCUT2D eigenvalue weighted by Gasteiger charge is -2.09. The number of hydrogen-bond acceptors (Lipinski definition) is 5. The molecular formula is C13H10FN3O4. The van der Waals surface area contributed by atoms with E-state index in [2.05, 4.69) is 10.3 Å². The maximum atomic E-state index is 13.4. The Morgan fingerprint density at radius 2 is 2.19 bits per heavy atom. The van der Waals surface area contributed by atoms with E-state index >= 15 is 0 Å². The van der Waals surface area contributed by atoms with Gasteiger partial charge in [-0.1, -0.05) is 6.07 Å². The molecule has 0 bridgehead atoms. The van der Waals surface area contributed by atoms with Crippen LogP contribution in [-0.4, -0.2) is 21.0 Å². The number of nitrogens with one attached hydrogen (secondary N) is 1. The third-order valence-electron chi connectivity index (χ3n) is 2.84. The number of carboxylic acid groups (broad SMARTS) is 1. The quantitative estimate of drug-likeness (QED) is 0.662. The number of carboxylic acids is 1. The van der Waals surface area contributed by atoms with Crippen LogP contribution in [-0.2, 0) is 0 Å². The van der Waals surface area contributed by atoms with E-state index in [4.69, 9.17) is 5.11 Å². The smallest absolute Gasteiger partial charge is 0.342 e. The minimum Gasteiger partial charge on any atom is -0.477 e. The number of carbonyl (C=O) groups is 1. The first-order valence-electron chi connectivity index (χ1n) is 5.80. The highest BCUT2D eigenvalue weighted by Crippen LogP contribution is 2.25. The summed E-state index contributed by atoms with van der Waals surface area (Å²) in [6, 6.07) is 5.38. The van der Waals surface area contributed by atoms with Crippen molar-refractivity contribution < 1.29 is 19.2 Å². The number of hydrogen-bond donors (Lipinski definition) is 2. The molecule has 7 nitrogen and oxygen atoms in total. The largest absolute Gasteiger partial charge is 0.477 e. The van der Waals surface area contributed by atoms with Crippen molar-refractivity contribution in [1.29, 1.82) is 0 Å². The molecule has 2 rings (SSSR count). The van der Waals surface area contributed by atoms with Gasteiger partial charge in [0.2, 0.25) is 0 Å². The number of anilines is 2. The lowest BCUT2D eigenvalue weighted by molar-refractivity contribution is -0.385. The molecule has 8 heteroatoms. The van der Waals surface area contributed by atoms with Crippen molar-refractivity contribution in [2.24, 2.45) is 0 Å². The van der Waals surface area contributed by atoms with Crippen LogP contribution in [0.1, 0.15) is 15.9 Å². The van der Waals surface area contributed by atoms with Crippen molar-refractivity contribution in [1.82, 2.24) is 4.98 Å². The van der Waals surface area contributed by atoms with Crippen molar-refractivity contribution in [3.63, 3.8) is 0 Å². The van der Waals surface area contributed by atoms with Crippen molar-refractivity contribution in [3.05, 3.63) is 57.5 Å². The summed E-state index contributed by atoms with van der Waals surface area (Å²) in [4.78, 5) is 24.7. The Kier molecular flexibility index (Phi) is 3.79. The zero-order valence-electron chi connectivity index (χ0n) is 10.8. The number of rotatable bonds is 4. The van der Waals surface area contributed by atoms with Gasteiger partial charge in [0.15, 0.2) is 0 Å². The summed E-state index contributed by atoms with van der Waals surface area (Å²) < 4.78 is 13.4. The Morgan fingerprint density at radius 1 is 1.48 bits per heavy atom. The fourth-order valence-electron chi connectivity index (χ4n) is 1.71. The molecule has 108 valence electrons. The van der Waals surface area contributed by atoms with Gasteiger partial charge in [0, 0.05) is 17.3 Å². The zero-order chi connectivity index (χ0) is 15.6. The lowest BCUT2D eigenvalue weighted by Crippen LogP contribution is -2.05. The molecule has 0 aliphatic heterocycles. The number of aromatic nitrogens is 1. The second-order valence-corrected chi connectivity index (χ2v) is 4.19. The minimum atomic E-state index is -1.44. The van der Waals surface area contributed by atoms with Crippen LogP contribution in [0.5, 0.6) is 0 Å². The molecule has 0 aliphatic rings. The van der Waals surface area contributed by atoms with Crippen molar-refractivity contribution >= 4 is 23.2 Å². The fourth-order valence-corrected chi connectivity index (χ4v) is 1.71. The summed E-state index contributed by atoms with van der Waals surface area (Å²) in [6.45, 7) is 1.54. The summed E-state index contributed by atoms with van der Waals surface area (Å²) in [7, 11) is 0. The molecule has 1 aromatic heterocycles. The number of aromatic carboxylic acids is 1. The number of halogens is 1. The van der Waals surface area contributed by atoms with Crippen LogP contribution >= 0.6 is 0 Å². The molecule has 0 aliphatic carbocycles. The topological polar surface area (TPSA) is 105 Å². The van der Waals surface area contributed by atoms with E-state index in [1.54, 1.807) is 13.0 Å². The Balaban J connectivity index is 2.42. The molecule has 0 saturated carbocycles. The predicted molar refractivity (Wildman–Crippen MR) is 72.3 cm³/mol. The normalized spacial score (nSPS) is 10.2. The average Bonchev–Trinajstić information content (AvgIpc) is 2.43. The molecule has 0 fully saturated rings. The fraction of sp³-hybridized carbons (Fsp3) is 0.0769. The van der Waals surface area contributed by atoms with E-state index in [9.17, 15) is 19.3 Å². The second kappa shape index (κ2) is 5.53. The molecule has 21 heavy (non-hydrogen) atoms. The van der Waals surface area contributed by atoms with Gasteiger partial charge in [0.1, 0.15) is 23.4 Å². The van der Waals surface area contributed by atoms with Crippen LogP contribution in [0.4, 0.5) is 21.6 Å². The average molecular weight is 291 g/mol. The van der Waals surface area contributed by atoms with E-state index in [1.807, 2.05) is 0 Å². The SMILES string of the molecule is Cc1c(F)cccc1Nc1cc(C(=O)O)c([N+](=O)[O-])cn1. The molecule has 0 spiro atoms. The Bertz CT molecular complexity index is 733. The molecule has 0 saturated heterocycles. The van der Waals surface area contributed by atoms with Gasteiger partial charge in [-0.3, -0.25) is 10.1 Å². The summed E-state index contributed by atoms with van der Waals surface area (Å²) >= 11 is 0. The molecule has 0 amide bonds. The first-order valence-corrected chi connectivity index (χ1v) is 5.80. The van der Waals surface area contributed by atoms with Crippen molar-refractivity contribution in [3.8, 4) is 0 Å². The first-order chi connectivity index (χ1) is 9.90. The highest BCUT2D eigenvalue weighted by Gasteiger charge is 2.21. The monoisotopic (exact) mass is 291 g/mol. The Hall–Kier alpha value is -3.03. The van der Waals surface area contributed by atoms with E-state index in [0.717, 1.165) is 12.3 Å². The third-order valence-corrected chi connectivity index (χ3v) is 2.84. The van der Waals surface area contributed by atoms with Gasteiger partial charge in [-0.05, 0) is 19.1 Å². The van der Waals surface area contributed by atoms with Crippen LogP contribution in [0, 0.1) is 22.9 Å². The Morgan fingerprint density at radius 3 is 2.81 bits per heavy atom. The highest BCUT2D eigenvalue weighted by atomic mass is 19.1. The molecule has 1 heterocycles. The standard InChI is InChI=1S/C13H10FN3O4/c1-7-9(14)3-2-4-10(7)16-12-5-8(13(18)19)11(6-15-12)17(20)21/h2-6H,1H3,(H,15,16)(H,18,19). The minimum absolute atomic E-state index is 0.0756. The van der Waals surface area contributed by atoms with E-state index in [1.165, 1.54) is 12.1 Å².